The van der Waals surface area contributed by atoms with Crippen molar-refractivity contribution in [3.05, 3.63) is 77.7 Å². The molecule has 1 fully saturated rings. The van der Waals surface area contributed by atoms with Gasteiger partial charge in [0, 0.05) is 18.0 Å². The smallest absolute Gasteiger partial charge is 0.260 e. The molecule has 0 aliphatic carbocycles. The van der Waals surface area contributed by atoms with Gasteiger partial charge in [0.05, 0.1) is 5.41 Å². The van der Waals surface area contributed by atoms with Gasteiger partial charge >= 0.3 is 0 Å². The van der Waals surface area contributed by atoms with Crippen LogP contribution in [0.1, 0.15) is 12.0 Å². The fourth-order valence-corrected chi connectivity index (χ4v) is 4.66. The molecular weight excluding hydrogens is 396 g/mol. The van der Waals surface area contributed by atoms with Crippen molar-refractivity contribution >= 4 is 23.2 Å². The molecule has 0 bridgehead atoms. The van der Waals surface area contributed by atoms with Crippen molar-refractivity contribution in [2.24, 2.45) is 11.1 Å². The molecule has 1 aromatic heterocycles. The van der Waals surface area contributed by atoms with E-state index >= 15 is 0 Å². The fourth-order valence-electron chi connectivity index (χ4n) is 3.94. The molecule has 1 aliphatic heterocycles. The molecule has 2 aromatic carbocycles. The average Bonchev–Trinajstić information content (AvgIpc) is 3.44. The van der Waals surface area contributed by atoms with Crippen LogP contribution < -0.4 is 10.5 Å². The zero-order valence-electron chi connectivity index (χ0n) is 16.6. The highest BCUT2D eigenvalue weighted by Gasteiger charge is 2.44. The van der Waals surface area contributed by atoms with Crippen LogP contribution in [-0.2, 0) is 16.0 Å². The van der Waals surface area contributed by atoms with E-state index in [9.17, 15) is 9.59 Å². The quantitative estimate of drug-likeness (QED) is 0.633. The predicted octanol–water partition coefficient (Wildman–Crippen LogP) is 3.74. The molecule has 2 N–H and O–H groups in total. The van der Waals surface area contributed by atoms with Crippen molar-refractivity contribution in [1.82, 2.24) is 4.90 Å². The van der Waals surface area contributed by atoms with Crippen molar-refractivity contribution in [2.45, 2.75) is 12.8 Å². The topological polar surface area (TPSA) is 72.6 Å². The van der Waals surface area contributed by atoms with Crippen molar-refractivity contribution in [2.75, 3.05) is 19.7 Å². The lowest BCUT2D eigenvalue weighted by atomic mass is 9.80. The molecule has 0 saturated carbocycles. The number of amides is 2. The molecule has 154 valence electrons. The molecule has 1 saturated heterocycles. The Hall–Kier alpha value is -3.12. The van der Waals surface area contributed by atoms with Crippen LogP contribution in [0, 0.1) is 5.41 Å². The zero-order valence-corrected chi connectivity index (χ0v) is 17.4. The van der Waals surface area contributed by atoms with E-state index in [1.807, 2.05) is 53.9 Å². The molecule has 0 spiro atoms. The van der Waals surface area contributed by atoms with Crippen LogP contribution in [0.15, 0.2) is 72.1 Å². The standard InChI is InChI=1S/C24H24N2O3S/c25-23(28)24(15-18-6-4-7-19(14-18)21-10-5-13-30-21)11-12-26(17-24)22(27)16-29-20-8-2-1-3-9-20/h1-10,13-14H,11-12,15-17H2,(H2,25,28). The Labute approximate surface area is 180 Å². The van der Waals surface area contributed by atoms with Crippen LogP contribution in [-0.4, -0.2) is 36.4 Å². The Morgan fingerprint density at radius 3 is 2.63 bits per heavy atom. The Morgan fingerprint density at radius 2 is 1.90 bits per heavy atom. The summed E-state index contributed by atoms with van der Waals surface area (Å²) < 4.78 is 5.58. The minimum Gasteiger partial charge on any atom is -0.484 e. The summed E-state index contributed by atoms with van der Waals surface area (Å²) in [5.74, 6) is 0.161. The van der Waals surface area contributed by atoms with Crippen molar-refractivity contribution in [3.63, 3.8) is 0 Å². The lowest BCUT2D eigenvalue weighted by Crippen LogP contribution is -2.43. The van der Waals surface area contributed by atoms with E-state index in [1.54, 1.807) is 16.2 Å². The molecule has 3 aromatic rings. The first-order chi connectivity index (χ1) is 14.6. The van der Waals surface area contributed by atoms with E-state index in [-0.39, 0.29) is 18.4 Å². The lowest BCUT2D eigenvalue weighted by molar-refractivity contribution is -0.133. The molecule has 2 amide bonds. The van der Waals surface area contributed by atoms with E-state index in [1.165, 1.54) is 4.88 Å². The number of rotatable bonds is 7. The molecule has 2 heterocycles. The van der Waals surface area contributed by atoms with Crippen LogP contribution in [0.25, 0.3) is 10.4 Å². The Balaban J connectivity index is 1.44. The normalized spacial score (nSPS) is 18.3. The maximum Gasteiger partial charge on any atom is 0.260 e. The molecule has 5 nitrogen and oxygen atoms in total. The van der Waals surface area contributed by atoms with Gasteiger partial charge < -0.3 is 15.4 Å². The van der Waals surface area contributed by atoms with Gasteiger partial charge in [-0.1, -0.05) is 48.5 Å². The van der Waals surface area contributed by atoms with Crippen LogP contribution in [0.4, 0.5) is 0 Å². The molecule has 1 unspecified atom stereocenters. The Morgan fingerprint density at radius 1 is 1.07 bits per heavy atom. The van der Waals surface area contributed by atoms with Gasteiger partial charge in [-0.2, -0.15) is 0 Å². The van der Waals surface area contributed by atoms with Gasteiger partial charge in [-0.25, -0.2) is 0 Å². The molecule has 1 atom stereocenters. The first-order valence-electron chi connectivity index (χ1n) is 9.94. The average molecular weight is 421 g/mol. The number of hydrogen-bond acceptors (Lipinski definition) is 4. The third-order valence-corrected chi connectivity index (χ3v) is 6.53. The van der Waals surface area contributed by atoms with Gasteiger partial charge in [0.25, 0.3) is 5.91 Å². The number of benzene rings is 2. The first-order valence-corrected chi connectivity index (χ1v) is 10.8. The molecule has 0 radical (unpaired) electrons. The highest BCUT2D eigenvalue weighted by atomic mass is 32.1. The summed E-state index contributed by atoms with van der Waals surface area (Å²) in [6.07, 6.45) is 1.08. The van der Waals surface area contributed by atoms with E-state index in [0.29, 0.717) is 31.7 Å². The minimum absolute atomic E-state index is 0.0489. The summed E-state index contributed by atoms with van der Waals surface area (Å²) >= 11 is 1.68. The van der Waals surface area contributed by atoms with Crippen LogP contribution >= 0.6 is 11.3 Å². The number of nitrogens with zero attached hydrogens (tertiary/aromatic N) is 1. The Kier molecular flexibility index (Phi) is 5.86. The fraction of sp³-hybridized carbons (Fsp3) is 0.250. The van der Waals surface area contributed by atoms with Gasteiger partial charge in [0.15, 0.2) is 6.61 Å². The summed E-state index contributed by atoms with van der Waals surface area (Å²) in [6, 6.07) is 21.5. The SMILES string of the molecule is NC(=O)C1(Cc2cccc(-c3cccs3)c2)CCN(C(=O)COc2ccccc2)C1. The van der Waals surface area contributed by atoms with Gasteiger partial charge in [-0.05, 0) is 47.5 Å². The van der Waals surface area contributed by atoms with Gasteiger partial charge in [0.1, 0.15) is 5.75 Å². The highest BCUT2D eigenvalue weighted by Crippen LogP contribution is 2.35. The number of ether oxygens (including phenoxy) is 1. The third-order valence-electron chi connectivity index (χ3n) is 5.61. The summed E-state index contributed by atoms with van der Waals surface area (Å²) in [5, 5.41) is 2.05. The molecule has 30 heavy (non-hydrogen) atoms. The summed E-state index contributed by atoms with van der Waals surface area (Å²) in [7, 11) is 0. The van der Waals surface area contributed by atoms with Crippen LogP contribution in [0.2, 0.25) is 0 Å². The minimum atomic E-state index is -0.753. The van der Waals surface area contributed by atoms with Crippen molar-refractivity contribution < 1.29 is 14.3 Å². The van der Waals surface area contributed by atoms with Gasteiger partial charge in [-0.15, -0.1) is 11.3 Å². The number of carbonyl (C=O) groups is 2. The first kappa shape index (κ1) is 20.2. The lowest BCUT2D eigenvalue weighted by Gasteiger charge is -2.26. The van der Waals surface area contributed by atoms with Crippen LogP contribution in [0.5, 0.6) is 5.75 Å². The van der Waals surface area contributed by atoms with Crippen LogP contribution in [0.3, 0.4) is 0 Å². The van der Waals surface area contributed by atoms with Gasteiger partial charge in [-0.3, -0.25) is 9.59 Å². The molecular formula is C24H24N2O3S. The number of hydrogen-bond donors (Lipinski definition) is 1. The second-order valence-corrected chi connectivity index (χ2v) is 8.61. The van der Waals surface area contributed by atoms with E-state index in [2.05, 4.69) is 18.2 Å². The molecule has 4 rings (SSSR count). The maximum atomic E-state index is 12.6. The number of nitrogens with two attached hydrogens (primary N) is 1. The summed E-state index contributed by atoms with van der Waals surface area (Å²) in [6.45, 7) is 0.778. The second-order valence-electron chi connectivity index (χ2n) is 7.67. The summed E-state index contributed by atoms with van der Waals surface area (Å²) in [4.78, 5) is 28.0. The number of para-hydroxylation sites is 1. The largest absolute Gasteiger partial charge is 0.484 e. The van der Waals surface area contributed by atoms with E-state index in [4.69, 9.17) is 10.5 Å². The highest BCUT2D eigenvalue weighted by molar-refractivity contribution is 7.13. The maximum absolute atomic E-state index is 12.6. The number of primary amides is 1. The molecule has 6 heteroatoms. The van der Waals surface area contributed by atoms with E-state index < -0.39 is 5.41 Å². The van der Waals surface area contributed by atoms with Crippen molar-refractivity contribution in [1.29, 1.82) is 0 Å². The Bertz CT molecular complexity index is 1020. The zero-order chi connectivity index (χ0) is 21.0. The number of thiophene rings is 1. The number of likely N-dealkylation sites (tertiary alicyclic amines) is 1. The summed E-state index contributed by atoms with van der Waals surface area (Å²) in [5.41, 5.74) is 7.26. The van der Waals surface area contributed by atoms with Gasteiger partial charge in [0.2, 0.25) is 5.91 Å². The molecule has 1 aliphatic rings. The second kappa shape index (κ2) is 8.71. The van der Waals surface area contributed by atoms with E-state index in [0.717, 1.165) is 11.1 Å². The van der Waals surface area contributed by atoms with Crippen molar-refractivity contribution in [3.8, 4) is 16.2 Å². The number of carbonyl (C=O) groups excluding carboxylic acids is 2. The monoisotopic (exact) mass is 420 g/mol. The third kappa shape index (κ3) is 4.39. The predicted molar refractivity (Wildman–Crippen MR) is 118 cm³/mol.